The summed E-state index contributed by atoms with van der Waals surface area (Å²) in [6.45, 7) is 0.218. The highest BCUT2D eigenvalue weighted by Crippen LogP contribution is 2.32. The summed E-state index contributed by atoms with van der Waals surface area (Å²) in [5.74, 6) is 0.799. The first kappa shape index (κ1) is 22.1. The molecule has 8 nitrogen and oxygen atoms in total. The number of hydrogen-bond donors (Lipinski definition) is 2. The largest absolute Gasteiger partial charge is 0.454 e. The molecule has 3 aromatic carbocycles. The number of aromatic nitrogens is 1. The van der Waals surface area contributed by atoms with E-state index in [2.05, 4.69) is 15.0 Å². The molecule has 172 valence electrons. The number of thiazole rings is 1. The Hall–Kier alpha value is -3.73. The molecule has 1 amide bonds. The second kappa shape index (κ2) is 9.26. The van der Waals surface area contributed by atoms with Crippen LogP contribution in [-0.4, -0.2) is 26.1 Å². The van der Waals surface area contributed by atoms with Gasteiger partial charge in [-0.3, -0.25) is 4.79 Å². The average Bonchev–Trinajstić information content (AvgIpc) is 3.55. The summed E-state index contributed by atoms with van der Waals surface area (Å²) in [4.78, 5) is 17.0. The highest BCUT2D eigenvalue weighted by molar-refractivity contribution is 7.89. The third-order valence-electron chi connectivity index (χ3n) is 5.13. The van der Waals surface area contributed by atoms with Crippen LogP contribution >= 0.6 is 11.3 Å². The molecule has 1 aliphatic rings. The Morgan fingerprint density at radius 3 is 2.62 bits per heavy atom. The quantitative estimate of drug-likeness (QED) is 0.398. The number of hydrogen-bond acceptors (Lipinski definition) is 7. The summed E-state index contributed by atoms with van der Waals surface area (Å²) in [7, 11) is -3.84. The summed E-state index contributed by atoms with van der Waals surface area (Å²) in [6.07, 6.45) is 1.74. The van der Waals surface area contributed by atoms with Crippen molar-refractivity contribution in [3.8, 4) is 22.1 Å². The highest BCUT2D eigenvalue weighted by atomic mass is 32.2. The van der Waals surface area contributed by atoms with Crippen LogP contribution < -0.4 is 19.5 Å². The van der Waals surface area contributed by atoms with Crippen molar-refractivity contribution >= 4 is 33.0 Å². The second-order valence-electron chi connectivity index (χ2n) is 7.41. The van der Waals surface area contributed by atoms with Gasteiger partial charge in [0.1, 0.15) is 5.01 Å². The van der Waals surface area contributed by atoms with Crippen LogP contribution in [0.25, 0.3) is 10.6 Å². The summed E-state index contributed by atoms with van der Waals surface area (Å²) in [5, 5.41) is 5.59. The molecule has 0 saturated heterocycles. The molecule has 0 saturated carbocycles. The number of ether oxygens (including phenoxy) is 2. The zero-order chi connectivity index (χ0) is 23.5. The van der Waals surface area contributed by atoms with Crippen molar-refractivity contribution in [3.05, 3.63) is 89.4 Å². The van der Waals surface area contributed by atoms with E-state index in [-0.39, 0.29) is 23.8 Å². The molecular formula is C24H19N3O5S2. The molecule has 2 heterocycles. The number of benzene rings is 3. The van der Waals surface area contributed by atoms with Crippen LogP contribution in [0.1, 0.15) is 15.9 Å². The van der Waals surface area contributed by atoms with Crippen LogP contribution in [0.3, 0.4) is 0 Å². The summed E-state index contributed by atoms with van der Waals surface area (Å²) < 4.78 is 38.8. The first-order valence-electron chi connectivity index (χ1n) is 10.3. The van der Waals surface area contributed by atoms with E-state index >= 15 is 0 Å². The monoisotopic (exact) mass is 493 g/mol. The molecule has 0 bridgehead atoms. The lowest BCUT2D eigenvalue weighted by atomic mass is 10.2. The summed E-state index contributed by atoms with van der Waals surface area (Å²) in [6, 6.07) is 18.4. The van der Waals surface area contributed by atoms with Gasteiger partial charge >= 0.3 is 0 Å². The van der Waals surface area contributed by atoms with E-state index in [4.69, 9.17) is 9.47 Å². The molecule has 34 heavy (non-hydrogen) atoms. The minimum atomic E-state index is -3.84. The molecule has 4 aromatic rings. The lowest BCUT2D eigenvalue weighted by molar-refractivity contribution is 0.102. The fraction of sp³-hybridized carbons (Fsp3) is 0.0833. The molecular weight excluding hydrogens is 474 g/mol. The van der Waals surface area contributed by atoms with Gasteiger partial charge in [0.15, 0.2) is 11.5 Å². The lowest BCUT2D eigenvalue weighted by Crippen LogP contribution is -2.23. The van der Waals surface area contributed by atoms with Crippen molar-refractivity contribution in [1.82, 2.24) is 9.71 Å². The van der Waals surface area contributed by atoms with Gasteiger partial charge in [0, 0.05) is 34.9 Å². The molecule has 1 aromatic heterocycles. The number of carbonyl (C=O) groups is 1. The van der Waals surface area contributed by atoms with Crippen LogP contribution in [-0.2, 0) is 16.6 Å². The first-order valence-corrected chi connectivity index (χ1v) is 12.6. The van der Waals surface area contributed by atoms with Gasteiger partial charge in [0.25, 0.3) is 5.91 Å². The molecule has 0 atom stereocenters. The van der Waals surface area contributed by atoms with Crippen LogP contribution in [0.5, 0.6) is 11.5 Å². The number of carbonyl (C=O) groups excluding carboxylic acids is 1. The van der Waals surface area contributed by atoms with Gasteiger partial charge in [0.05, 0.1) is 4.90 Å². The van der Waals surface area contributed by atoms with Crippen molar-refractivity contribution in [1.29, 1.82) is 0 Å². The van der Waals surface area contributed by atoms with Gasteiger partial charge in [0.2, 0.25) is 16.8 Å². The Kier molecular flexibility index (Phi) is 6.01. The van der Waals surface area contributed by atoms with E-state index in [1.165, 1.54) is 29.5 Å². The molecule has 0 aliphatic carbocycles. The van der Waals surface area contributed by atoms with Crippen molar-refractivity contribution in [3.63, 3.8) is 0 Å². The molecule has 0 fully saturated rings. The van der Waals surface area contributed by atoms with Crippen molar-refractivity contribution in [2.45, 2.75) is 11.4 Å². The number of nitrogens with zero attached hydrogens (tertiary/aromatic N) is 1. The SMILES string of the molecule is O=C(Nc1ccc(-c2nccs2)cc1)c1cccc(S(=O)(=O)NCc2ccc3c(c2)OCO3)c1. The summed E-state index contributed by atoms with van der Waals surface area (Å²) in [5.41, 5.74) is 2.51. The maximum Gasteiger partial charge on any atom is 0.255 e. The molecule has 0 radical (unpaired) electrons. The van der Waals surface area contributed by atoms with Gasteiger partial charge in [-0.15, -0.1) is 11.3 Å². The van der Waals surface area contributed by atoms with E-state index in [0.717, 1.165) is 16.1 Å². The molecule has 0 unspecified atom stereocenters. The van der Waals surface area contributed by atoms with Gasteiger partial charge in [-0.25, -0.2) is 18.1 Å². The zero-order valence-corrected chi connectivity index (χ0v) is 19.4. The van der Waals surface area contributed by atoms with Crippen LogP contribution in [0.2, 0.25) is 0 Å². The Morgan fingerprint density at radius 1 is 1.00 bits per heavy atom. The number of rotatable bonds is 7. The Morgan fingerprint density at radius 2 is 1.82 bits per heavy atom. The van der Waals surface area contributed by atoms with E-state index in [0.29, 0.717) is 17.2 Å². The lowest BCUT2D eigenvalue weighted by Gasteiger charge is -2.10. The number of amides is 1. The fourth-order valence-electron chi connectivity index (χ4n) is 3.38. The Bertz CT molecular complexity index is 1440. The van der Waals surface area contributed by atoms with Crippen molar-refractivity contribution in [2.75, 3.05) is 12.1 Å². The predicted molar refractivity (Wildman–Crippen MR) is 129 cm³/mol. The number of fused-ring (bicyclic) bond motifs is 1. The van der Waals surface area contributed by atoms with E-state index in [1.54, 1.807) is 42.6 Å². The Labute approximate surface area is 200 Å². The van der Waals surface area contributed by atoms with Crippen LogP contribution in [0.4, 0.5) is 5.69 Å². The second-order valence-corrected chi connectivity index (χ2v) is 10.1. The molecule has 1 aliphatic heterocycles. The van der Waals surface area contributed by atoms with Gasteiger partial charge in [-0.05, 0) is 60.2 Å². The average molecular weight is 494 g/mol. The smallest absolute Gasteiger partial charge is 0.255 e. The van der Waals surface area contributed by atoms with Crippen molar-refractivity contribution < 1.29 is 22.7 Å². The minimum Gasteiger partial charge on any atom is -0.454 e. The molecule has 2 N–H and O–H groups in total. The van der Waals surface area contributed by atoms with E-state index in [1.807, 2.05) is 17.5 Å². The van der Waals surface area contributed by atoms with Gasteiger partial charge < -0.3 is 14.8 Å². The van der Waals surface area contributed by atoms with Gasteiger partial charge in [-0.2, -0.15) is 0 Å². The van der Waals surface area contributed by atoms with E-state index < -0.39 is 15.9 Å². The minimum absolute atomic E-state index is 0.0000102. The maximum atomic E-state index is 12.8. The number of nitrogens with one attached hydrogen (secondary N) is 2. The van der Waals surface area contributed by atoms with Crippen LogP contribution in [0.15, 0.2) is 83.2 Å². The zero-order valence-electron chi connectivity index (χ0n) is 17.7. The standard InChI is InChI=1S/C24H19N3O5S2/c28-23(27-19-7-5-17(6-8-19)24-25-10-11-33-24)18-2-1-3-20(13-18)34(29,30)26-14-16-4-9-21-22(12-16)32-15-31-21/h1-13,26H,14-15H2,(H,27,28). The van der Waals surface area contributed by atoms with Gasteiger partial charge in [-0.1, -0.05) is 12.1 Å². The number of anilines is 1. The molecule has 5 rings (SSSR count). The summed E-state index contributed by atoms with van der Waals surface area (Å²) >= 11 is 1.53. The first-order chi connectivity index (χ1) is 16.5. The third-order valence-corrected chi connectivity index (χ3v) is 7.35. The predicted octanol–water partition coefficient (Wildman–Crippen LogP) is 4.27. The fourth-order valence-corrected chi connectivity index (χ4v) is 5.09. The normalized spacial score (nSPS) is 12.5. The third kappa shape index (κ3) is 4.79. The maximum absolute atomic E-state index is 12.8. The topological polar surface area (TPSA) is 107 Å². The number of sulfonamides is 1. The van der Waals surface area contributed by atoms with Crippen molar-refractivity contribution in [2.24, 2.45) is 0 Å². The highest BCUT2D eigenvalue weighted by Gasteiger charge is 2.18. The molecule has 10 heteroatoms. The van der Waals surface area contributed by atoms with E-state index in [9.17, 15) is 13.2 Å². The molecule has 0 spiro atoms. The Balaban J connectivity index is 1.26. The van der Waals surface area contributed by atoms with Crippen LogP contribution in [0, 0.1) is 0 Å².